The second-order valence-corrected chi connectivity index (χ2v) is 8.61. The van der Waals surface area contributed by atoms with E-state index in [9.17, 15) is 4.79 Å². The Hall–Kier alpha value is -1.56. The monoisotopic (exact) mass is 403 g/mol. The highest BCUT2D eigenvalue weighted by atomic mass is 35.5. The van der Waals surface area contributed by atoms with Crippen LogP contribution in [-0.4, -0.2) is 36.8 Å². The molecule has 0 radical (unpaired) electrons. The van der Waals surface area contributed by atoms with Crippen molar-refractivity contribution < 1.29 is 4.74 Å². The number of piperidine rings is 1. The molecule has 0 spiro atoms. The van der Waals surface area contributed by atoms with E-state index in [-0.39, 0.29) is 11.7 Å². The maximum absolute atomic E-state index is 11.9. The minimum Gasteiger partial charge on any atom is -0.489 e. The number of pyridine rings is 1. The Morgan fingerprint density at radius 2 is 1.89 bits per heavy atom. The molecule has 2 heterocycles. The van der Waals surface area contributed by atoms with Gasteiger partial charge in [-0.25, -0.2) is 0 Å². The van der Waals surface area contributed by atoms with Crippen LogP contribution in [0.5, 0.6) is 5.75 Å². The van der Waals surface area contributed by atoms with Crippen LogP contribution in [0.3, 0.4) is 0 Å². The zero-order valence-corrected chi connectivity index (χ0v) is 17.1. The van der Waals surface area contributed by atoms with Crippen molar-refractivity contribution in [3.8, 4) is 5.75 Å². The topological polar surface area (TPSA) is 66.2 Å². The van der Waals surface area contributed by atoms with Crippen molar-refractivity contribution in [1.82, 2.24) is 15.6 Å². The zero-order chi connectivity index (χ0) is 19.3. The highest BCUT2D eigenvalue weighted by molar-refractivity contribution is 6.32. The molecule has 0 amide bonds. The molecule has 0 unspecified atom stereocenters. The molecule has 1 saturated carbocycles. The second-order valence-electron chi connectivity index (χ2n) is 8.20. The maximum atomic E-state index is 11.9. The largest absolute Gasteiger partial charge is 0.489 e. The molecule has 28 heavy (non-hydrogen) atoms. The SMILES string of the molecule is O=c1[nH]ccc2cc(O[C@H]3CC[C@@H](NCCC4CCNCC4)CC3)c(Cl)cc12. The van der Waals surface area contributed by atoms with Gasteiger partial charge in [0.1, 0.15) is 5.75 Å². The van der Waals surface area contributed by atoms with Crippen LogP contribution in [0.2, 0.25) is 5.02 Å². The number of benzene rings is 1. The standard InChI is InChI=1S/C22H30ClN3O2/c23-20-14-19-16(8-12-26-22(19)27)13-21(20)28-18-3-1-17(2-4-18)25-11-7-15-5-9-24-10-6-15/h8,12-15,17-18,24-25H,1-7,9-11H2,(H,26,27)/t17-,18+. The molecule has 2 aliphatic rings. The van der Waals surface area contributed by atoms with Crippen LogP contribution in [0.15, 0.2) is 29.2 Å². The first-order chi connectivity index (χ1) is 13.7. The van der Waals surface area contributed by atoms with Gasteiger partial charge in [0.25, 0.3) is 5.56 Å². The van der Waals surface area contributed by atoms with Gasteiger partial charge in [-0.2, -0.15) is 0 Å². The highest BCUT2D eigenvalue weighted by Crippen LogP contribution is 2.32. The summed E-state index contributed by atoms with van der Waals surface area (Å²) in [4.78, 5) is 14.6. The van der Waals surface area contributed by atoms with Crippen LogP contribution < -0.4 is 20.9 Å². The Labute approximate surface area is 171 Å². The fourth-order valence-electron chi connectivity index (χ4n) is 4.51. The summed E-state index contributed by atoms with van der Waals surface area (Å²) in [6.45, 7) is 3.49. The molecule has 5 nitrogen and oxygen atoms in total. The lowest BCUT2D eigenvalue weighted by atomic mass is 9.91. The number of fused-ring (bicyclic) bond motifs is 1. The summed E-state index contributed by atoms with van der Waals surface area (Å²) in [5.74, 6) is 1.57. The van der Waals surface area contributed by atoms with Gasteiger partial charge in [-0.1, -0.05) is 11.6 Å². The third kappa shape index (κ3) is 4.88. The maximum Gasteiger partial charge on any atom is 0.255 e. The molecule has 1 aliphatic carbocycles. The van der Waals surface area contributed by atoms with Crippen LogP contribution in [0.1, 0.15) is 44.9 Å². The summed E-state index contributed by atoms with van der Waals surface area (Å²) in [7, 11) is 0. The lowest BCUT2D eigenvalue weighted by Gasteiger charge is -2.30. The molecular formula is C22H30ClN3O2. The van der Waals surface area contributed by atoms with E-state index in [0.717, 1.165) is 43.5 Å². The van der Waals surface area contributed by atoms with Crippen molar-refractivity contribution in [3.05, 3.63) is 39.8 Å². The third-order valence-corrected chi connectivity index (χ3v) is 6.53. The predicted molar refractivity (Wildman–Crippen MR) is 114 cm³/mol. The predicted octanol–water partition coefficient (Wildman–Crippen LogP) is 3.85. The first-order valence-electron chi connectivity index (χ1n) is 10.6. The van der Waals surface area contributed by atoms with Gasteiger partial charge >= 0.3 is 0 Å². The van der Waals surface area contributed by atoms with Gasteiger partial charge in [0.05, 0.1) is 11.1 Å². The molecule has 1 aromatic carbocycles. The van der Waals surface area contributed by atoms with Gasteiger partial charge in [0, 0.05) is 17.6 Å². The number of nitrogens with one attached hydrogen (secondary N) is 3. The van der Waals surface area contributed by atoms with E-state index in [4.69, 9.17) is 16.3 Å². The first-order valence-corrected chi connectivity index (χ1v) is 11.0. The Kier molecular flexibility index (Phi) is 6.55. The van der Waals surface area contributed by atoms with Crippen LogP contribution in [0.25, 0.3) is 10.8 Å². The molecule has 1 saturated heterocycles. The minimum atomic E-state index is -0.123. The number of rotatable bonds is 6. The van der Waals surface area contributed by atoms with Crippen molar-refractivity contribution >= 4 is 22.4 Å². The molecule has 6 heteroatoms. The Balaban J connectivity index is 1.26. The van der Waals surface area contributed by atoms with Crippen molar-refractivity contribution in [2.24, 2.45) is 5.92 Å². The first kappa shape index (κ1) is 19.7. The molecular weight excluding hydrogens is 374 g/mol. The van der Waals surface area contributed by atoms with Gasteiger partial charge in [-0.05, 0) is 94.1 Å². The summed E-state index contributed by atoms with van der Waals surface area (Å²) in [5, 5.41) is 9.15. The number of aromatic nitrogens is 1. The van der Waals surface area contributed by atoms with E-state index >= 15 is 0 Å². The number of aromatic amines is 1. The van der Waals surface area contributed by atoms with Gasteiger partial charge in [0.15, 0.2) is 0 Å². The summed E-state index contributed by atoms with van der Waals surface area (Å²) in [6, 6.07) is 6.07. The van der Waals surface area contributed by atoms with Gasteiger partial charge in [-0.15, -0.1) is 0 Å². The van der Waals surface area contributed by atoms with E-state index < -0.39 is 0 Å². The summed E-state index contributed by atoms with van der Waals surface area (Å²) < 4.78 is 6.20. The Bertz CT molecular complexity index is 839. The molecule has 0 atom stereocenters. The molecule has 1 aromatic heterocycles. The average Bonchev–Trinajstić information content (AvgIpc) is 2.71. The number of ether oxygens (including phenoxy) is 1. The van der Waals surface area contributed by atoms with E-state index in [1.165, 1.54) is 32.4 Å². The van der Waals surface area contributed by atoms with Gasteiger partial charge in [0.2, 0.25) is 0 Å². The van der Waals surface area contributed by atoms with Crippen LogP contribution >= 0.6 is 11.6 Å². The van der Waals surface area contributed by atoms with Crippen molar-refractivity contribution in [2.75, 3.05) is 19.6 Å². The Morgan fingerprint density at radius 3 is 2.68 bits per heavy atom. The normalized spacial score (nSPS) is 23.8. The third-order valence-electron chi connectivity index (χ3n) is 6.24. The number of hydrogen-bond donors (Lipinski definition) is 3. The van der Waals surface area contributed by atoms with Crippen LogP contribution in [0, 0.1) is 5.92 Å². The van der Waals surface area contributed by atoms with Gasteiger partial charge < -0.3 is 20.4 Å². The zero-order valence-electron chi connectivity index (χ0n) is 16.3. The van der Waals surface area contributed by atoms with E-state index in [2.05, 4.69) is 15.6 Å². The van der Waals surface area contributed by atoms with Crippen molar-refractivity contribution in [3.63, 3.8) is 0 Å². The van der Waals surface area contributed by atoms with Crippen molar-refractivity contribution in [1.29, 1.82) is 0 Å². The summed E-state index contributed by atoms with van der Waals surface area (Å²) in [6.07, 6.45) is 10.1. The molecule has 2 fully saturated rings. The average molecular weight is 404 g/mol. The fraction of sp³-hybridized carbons (Fsp3) is 0.591. The second kappa shape index (κ2) is 9.29. The van der Waals surface area contributed by atoms with E-state index in [0.29, 0.717) is 22.2 Å². The molecule has 2 aromatic rings. The summed E-state index contributed by atoms with van der Waals surface area (Å²) in [5.41, 5.74) is -0.123. The molecule has 0 bridgehead atoms. The fourth-order valence-corrected chi connectivity index (χ4v) is 4.71. The minimum absolute atomic E-state index is 0.123. The quantitative estimate of drug-likeness (QED) is 0.685. The number of H-pyrrole nitrogens is 1. The van der Waals surface area contributed by atoms with Gasteiger partial charge in [-0.3, -0.25) is 4.79 Å². The molecule has 4 rings (SSSR count). The highest BCUT2D eigenvalue weighted by Gasteiger charge is 2.23. The summed E-state index contributed by atoms with van der Waals surface area (Å²) >= 11 is 6.37. The number of hydrogen-bond acceptors (Lipinski definition) is 4. The van der Waals surface area contributed by atoms with Crippen LogP contribution in [-0.2, 0) is 0 Å². The molecule has 3 N–H and O–H groups in total. The van der Waals surface area contributed by atoms with Crippen molar-refractivity contribution in [2.45, 2.75) is 57.1 Å². The van der Waals surface area contributed by atoms with Crippen LogP contribution in [0.4, 0.5) is 0 Å². The van der Waals surface area contributed by atoms with E-state index in [1.54, 1.807) is 12.3 Å². The lowest BCUT2D eigenvalue weighted by molar-refractivity contribution is 0.139. The lowest BCUT2D eigenvalue weighted by Crippen LogP contribution is -2.38. The smallest absolute Gasteiger partial charge is 0.255 e. The molecule has 152 valence electrons. The number of halogens is 1. The Morgan fingerprint density at radius 1 is 1.11 bits per heavy atom. The molecule has 1 aliphatic heterocycles. The van der Waals surface area contributed by atoms with E-state index in [1.807, 2.05) is 12.1 Å².